The maximum absolute atomic E-state index is 10.7. The number of aryl methyl sites for hydroxylation is 1. The van der Waals surface area contributed by atoms with Gasteiger partial charge in [-0.3, -0.25) is 4.90 Å². The Morgan fingerprint density at radius 1 is 1.00 bits per heavy atom. The molecule has 0 atom stereocenters. The van der Waals surface area contributed by atoms with Crippen LogP contribution in [0.4, 0.5) is 0 Å². The van der Waals surface area contributed by atoms with Crippen LogP contribution in [0.5, 0.6) is 23.0 Å². The normalized spacial score (nSPS) is 14.3. The Morgan fingerprint density at radius 2 is 1.78 bits per heavy atom. The van der Waals surface area contributed by atoms with Crippen LogP contribution in [0.25, 0.3) is 22.5 Å². The predicted octanol–water partition coefficient (Wildman–Crippen LogP) is 4.90. The van der Waals surface area contributed by atoms with Gasteiger partial charge in [0.1, 0.15) is 18.1 Å². The monoisotopic (exact) mass is 438 g/mol. The minimum atomic E-state index is 0.0818. The largest absolute Gasteiger partial charge is 0.507 e. The topological polar surface area (TPSA) is 77.2 Å². The molecule has 7 heteroatoms. The van der Waals surface area contributed by atoms with E-state index in [1.165, 1.54) is 19.3 Å². The molecular weight excluding hydrogens is 408 g/mol. The van der Waals surface area contributed by atoms with Gasteiger partial charge in [-0.2, -0.15) is 0 Å². The summed E-state index contributed by atoms with van der Waals surface area (Å²) < 4.78 is 22.3. The summed E-state index contributed by atoms with van der Waals surface area (Å²) in [7, 11) is 3.20. The highest BCUT2D eigenvalue weighted by molar-refractivity contribution is 5.84. The number of methoxy groups -OCH3 is 2. The minimum absolute atomic E-state index is 0.0818. The molecule has 2 aromatic carbocycles. The van der Waals surface area contributed by atoms with Crippen LogP contribution in [0.1, 0.15) is 25.0 Å². The molecule has 0 spiro atoms. The molecule has 0 saturated carbocycles. The molecule has 1 N–H and O–H groups in total. The van der Waals surface area contributed by atoms with Gasteiger partial charge in [-0.1, -0.05) is 17.6 Å². The van der Waals surface area contributed by atoms with E-state index in [0.29, 0.717) is 40.9 Å². The van der Waals surface area contributed by atoms with E-state index in [0.717, 1.165) is 30.8 Å². The van der Waals surface area contributed by atoms with Crippen molar-refractivity contribution in [3.8, 4) is 45.4 Å². The van der Waals surface area contributed by atoms with Gasteiger partial charge in [0, 0.05) is 12.6 Å². The third-order valence-corrected chi connectivity index (χ3v) is 5.87. The van der Waals surface area contributed by atoms with Crippen LogP contribution in [0.3, 0.4) is 0 Å². The molecular formula is C25H30N2O5. The summed E-state index contributed by atoms with van der Waals surface area (Å²) in [4.78, 5) is 2.42. The van der Waals surface area contributed by atoms with Gasteiger partial charge in [0.05, 0.1) is 31.0 Å². The predicted molar refractivity (Wildman–Crippen MR) is 123 cm³/mol. The fourth-order valence-corrected chi connectivity index (χ4v) is 4.15. The van der Waals surface area contributed by atoms with E-state index >= 15 is 0 Å². The van der Waals surface area contributed by atoms with Crippen LogP contribution in [0.15, 0.2) is 40.9 Å². The highest BCUT2D eigenvalue weighted by Crippen LogP contribution is 2.42. The standard InChI is InChI=1S/C25H30N2O5/c1-17-24(18-7-10-22(29-2)23(15-18)30-3)25(32-26-17)20-9-8-19(16-21(20)28)31-14-13-27-11-5-4-6-12-27/h7-10,15-16,28H,4-6,11-14H2,1-3H3. The first kappa shape index (κ1) is 22.0. The van der Waals surface area contributed by atoms with Gasteiger partial charge in [-0.15, -0.1) is 0 Å². The van der Waals surface area contributed by atoms with Gasteiger partial charge in [-0.05, 0) is 62.7 Å². The number of phenolic OH excluding ortho intramolecular Hbond substituents is 1. The molecule has 0 unspecified atom stereocenters. The molecule has 1 aliphatic heterocycles. The first-order valence-electron chi connectivity index (χ1n) is 11.0. The third-order valence-electron chi connectivity index (χ3n) is 5.87. The molecule has 1 aromatic heterocycles. The Kier molecular flexibility index (Phi) is 6.85. The Morgan fingerprint density at radius 3 is 2.50 bits per heavy atom. The van der Waals surface area contributed by atoms with Crippen molar-refractivity contribution in [2.24, 2.45) is 0 Å². The van der Waals surface area contributed by atoms with Crippen molar-refractivity contribution in [1.82, 2.24) is 10.1 Å². The molecule has 7 nitrogen and oxygen atoms in total. The van der Waals surface area contributed by atoms with Crippen molar-refractivity contribution in [2.45, 2.75) is 26.2 Å². The zero-order valence-corrected chi connectivity index (χ0v) is 18.9. The van der Waals surface area contributed by atoms with Crippen molar-refractivity contribution in [3.05, 3.63) is 42.1 Å². The second kappa shape index (κ2) is 9.96. The summed E-state index contributed by atoms with van der Waals surface area (Å²) in [6.45, 7) is 5.63. The third kappa shape index (κ3) is 4.67. The van der Waals surface area contributed by atoms with E-state index in [4.69, 9.17) is 18.7 Å². The lowest BCUT2D eigenvalue weighted by Gasteiger charge is -2.26. The number of benzene rings is 2. The van der Waals surface area contributed by atoms with Crippen LogP contribution < -0.4 is 14.2 Å². The Labute approximate surface area is 188 Å². The minimum Gasteiger partial charge on any atom is -0.507 e. The molecule has 1 fully saturated rings. The SMILES string of the molecule is COc1ccc(-c2c(C)noc2-c2ccc(OCCN3CCCCC3)cc2O)cc1OC. The second-order valence-electron chi connectivity index (χ2n) is 7.97. The van der Waals surface area contributed by atoms with Crippen LogP contribution >= 0.6 is 0 Å². The summed E-state index contributed by atoms with van der Waals surface area (Å²) in [5.41, 5.74) is 2.92. The molecule has 32 heavy (non-hydrogen) atoms. The van der Waals surface area contributed by atoms with E-state index < -0.39 is 0 Å². The van der Waals surface area contributed by atoms with E-state index in [9.17, 15) is 5.11 Å². The van der Waals surface area contributed by atoms with Crippen molar-refractivity contribution in [3.63, 3.8) is 0 Å². The lowest BCUT2D eigenvalue weighted by atomic mass is 9.99. The molecule has 0 radical (unpaired) electrons. The number of nitrogens with zero attached hydrogens (tertiary/aromatic N) is 2. The first-order valence-corrected chi connectivity index (χ1v) is 11.0. The van der Waals surface area contributed by atoms with E-state index in [1.54, 1.807) is 26.4 Å². The molecule has 0 amide bonds. The van der Waals surface area contributed by atoms with Crippen molar-refractivity contribution >= 4 is 0 Å². The molecule has 0 bridgehead atoms. The van der Waals surface area contributed by atoms with Crippen molar-refractivity contribution in [1.29, 1.82) is 0 Å². The maximum Gasteiger partial charge on any atom is 0.178 e. The highest BCUT2D eigenvalue weighted by atomic mass is 16.5. The lowest BCUT2D eigenvalue weighted by Crippen LogP contribution is -2.33. The highest BCUT2D eigenvalue weighted by Gasteiger charge is 2.21. The smallest absolute Gasteiger partial charge is 0.178 e. The molecule has 2 heterocycles. The van der Waals surface area contributed by atoms with Crippen LogP contribution in [-0.2, 0) is 0 Å². The number of aromatic nitrogens is 1. The number of aromatic hydroxyl groups is 1. The van der Waals surface area contributed by atoms with Gasteiger partial charge >= 0.3 is 0 Å². The summed E-state index contributed by atoms with van der Waals surface area (Å²) in [5, 5.41) is 14.9. The van der Waals surface area contributed by atoms with Gasteiger partial charge < -0.3 is 23.8 Å². The number of ether oxygens (including phenoxy) is 3. The zero-order chi connectivity index (χ0) is 22.5. The maximum atomic E-state index is 10.7. The van der Waals surface area contributed by atoms with E-state index in [1.807, 2.05) is 31.2 Å². The zero-order valence-electron chi connectivity index (χ0n) is 18.9. The van der Waals surface area contributed by atoms with Gasteiger partial charge in [0.2, 0.25) is 0 Å². The molecule has 170 valence electrons. The molecule has 1 saturated heterocycles. The molecule has 4 rings (SSSR count). The van der Waals surface area contributed by atoms with Gasteiger partial charge in [0.15, 0.2) is 17.3 Å². The number of hydrogen-bond acceptors (Lipinski definition) is 7. The second-order valence-corrected chi connectivity index (χ2v) is 7.97. The van der Waals surface area contributed by atoms with Crippen molar-refractivity contribution < 1.29 is 23.8 Å². The molecule has 1 aliphatic rings. The Bertz CT molecular complexity index is 1060. The van der Waals surface area contributed by atoms with Gasteiger partial charge in [0.25, 0.3) is 0 Å². The quantitative estimate of drug-likeness (QED) is 0.536. The number of rotatable bonds is 8. The molecule has 3 aromatic rings. The fourth-order valence-electron chi connectivity index (χ4n) is 4.15. The van der Waals surface area contributed by atoms with Crippen molar-refractivity contribution in [2.75, 3.05) is 40.5 Å². The Balaban J connectivity index is 1.54. The first-order chi connectivity index (χ1) is 15.6. The summed E-state index contributed by atoms with van der Waals surface area (Å²) in [6.07, 6.45) is 3.84. The number of hydrogen-bond donors (Lipinski definition) is 1. The van der Waals surface area contributed by atoms with Crippen LogP contribution in [0, 0.1) is 6.92 Å². The number of phenols is 1. The Hall–Kier alpha value is -3.19. The number of piperidine rings is 1. The lowest BCUT2D eigenvalue weighted by molar-refractivity contribution is 0.183. The van der Waals surface area contributed by atoms with Crippen LogP contribution in [-0.4, -0.2) is 55.6 Å². The summed E-state index contributed by atoms with van der Waals surface area (Å²) in [5.74, 6) is 2.46. The fraction of sp³-hybridized carbons (Fsp3) is 0.400. The van der Waals surface area contributed by atoms with Gasteiger partial charge in [-0.25, -0.2) is 0 Å². The molecule has 0 aliphatic carbocycles. The average molecular weight is 439 g/mol. The average Bonchev–Trinajstić information content (AvgIpc) is 3.20. The summed E-state index contributed by atoms with van der Waals surface area (Å²) >= 11 is 0. The van der Waals surface area contributed by atoms with Crippen LogP contribution in [0.2, 0.25) is 0 Å². The summed E-state index contributed by atoms with van der Waals surface area (Å²) in [6, 6.07) is 10.9. The van der Waals surface area contributed by atoms with E-state index in [-0.39, 0.29) is 5.75 Å². The number of likely N-dealkylation sites (tertiary alicyclic amines) is 1. The van der Waals surface area contributed by atoms with E-state index in [2.05, 4.69) is 10.1 Å².